The molecule has 0 radical (unpaired) electrons. The number of nitrogens with zero attached hydrogens (tertiary/aromatic N) is 2. The molecule has 1 atom stereocenters. The summed E-state index contributed by atoms with van der Waals surface area (Å²) >= 11 is 1.82. The van der Waals surface area contributed by atoms with E-state index in [1.807, 2.05) is 11.3 Å². The molecule has 0 aliphatic carbocycles. The number of thiazole rings is 1. The summed E-state index contributed by atoms with van der Waals surface area (Å²) in [6.45, 7) is 5.62. The van der Waals surface area contributed by atoms with Crippen LogP contribution < -0.4 is 5.32 Å². The number of piperidine rings is 1. The summed E-state index contributed by atoms with van der Waals surface area (Å²) in [5.74, 6) is 0. The Kier molecular flexibility index (Phi) is 4.95. The highest BCUT2D eigenvalue weighted by atomic mass is 32.1. The van der Waals surface area contributed by atoms with Gasteiger partial charge in [-0.2, -0.15) is 0 Å². The number of aryl methyl sites for hydroxylation is 1. The number of aromatic nitrogens is 1. The zero-order chi connectivity index (χ0) is 12.1. The SMILES string of the molecule is CCCc1nc(CN2CCCC(NC)C2)cs1. The molecule has 1 aliphatic heterocycles. The van der Waals surface area contributed by atoms with E-state index in [1.54, 1.807) is 0 Å². The first kappa shape index (κ1) is 13.0. The summed E-state index contributed by atoms with van der Waals surface area (Å²) in [6.07, 6.45) is 4.94. The van der Waals surface area contributed by atoms with Gasteiger partial charge in [0.15, 0.2) is 0 Å². The van der Waals surface area contributed by atoms with E-state index in [1.165, 1.54) is 36.5 Å². The van der Waals surface area contributed by atoms with Crippen LogP contribution in [-0.4, -0.2) is 36.1 Å². The molecule has 3 nitrogen and oxygen atoms in total. The van der Waals surface area contributed by atoms with Crippen LogP contribution in [0, 0.1) is 0 Å². The standard InChI is InChI=1S/C13H23N3S/c1-3-5-13-15-12(10-17-13)9-16-7-4-6-11(8-16)14-2/h10-11,14H,3-9H2,1-2H3. The van der Waals surface area contributed by atoms with Crippen molar-refractivity contribution in [2.75, 3.05) is 20.1 Å². The quantitative estimate of drug-likeness (QED) is 0.872. The van der Waals surface area contributed by atoms with E-state index in [0.29, 0.717) is 6.04 Å². The van der Waals surface area contributed by atoms with Crippen molar-refractivity contribution in [2.45, 2.75) is 45.2 Å². The fourth-order valence-electron chi connectivity index (χ4n) is 2.41. The molecule has 4 heteroatoms. The molecule has 1 aromatic heterocycles. The van der Waals surface area contributed by atoms with Gasteiger partial charge >= 0.3 is 0 Å². The number of likely N-dealkylation sites (N-methyl/N-ethyl adjacent to an activating group) is 1. The molecular weight excluding hydrogens is 230 g/mol. The van der Waals surface area contributed by atoms with Gasteiger partial charge in [-0.15, -0.1) is 11.3 Å². The third kappa shape index (κ3) is 3.76. The van der Waals surface area contributed by atoms with E-state index in [-0.39, 0.29) is 0 Å². The van der Waals surface area contributed by atoms with Crippen LogP contribution in [0.4, 0.5) is 0 Å². The summed E-state index contributed by atoms with van der Waals surface area (Å²) in [5, 5.41) is 6.91. The Balaban J connectivity index is 1.86. The number of hydrogen-bond donors (Lipinski definition) is 1. The zero-order valence-electron chi connectivity index (χ0n) is 10.9. The molecule has 1 unspecified atom stereocenters. The van der Waals surface area contributed by atoms with Crippen molar-refractivity contribution >= 4 is 11.3 Å². The van der Waals surface area contributed by atoms with Crippen molar-refractivity contribution in [3.8, 4) is 0 Å². The predicted octanol–water partition coefficient (Wildman–Crippen LogP) is 2.28. The van der Waals surface area contributed by atoms with Gasteiger partial charge in [-0.05, 0) is 39.3 Å². The third-order valence-electron chi connectivity index (χ3n) is 3.36. The zero-order valence-corrected chi connectivity index (χ0v) is 11.7. The Labute approximate surface area is 108 Å². The highest BCUT2D eigenvalue weighted by Gasteiger charge is 2.18. The van der Waals surface area contributed by atoms with Crippen molar-refractivity contribution in [2.24, 2.45) is 0 Å². The van der Waals surface area contributed by atoms with Crippen LogP contribution in [0.1, 0.15) is 36.9 Å². The predicted molar refractivity (Wildman–Crippen MR) is 73.5 cm³/mol. The lowest BCUT2D eigenvalue weighted by Crippen LogP contribution is -2.43. The van der Waals surface area contributed by atoms with E-state index in [0.717, 1.165) is 19.5 Å². The second-order valence-corrected chi connectivity index (χ2v) is 5.79. The molecule has 0 saturated carbocycles. The van der Waals surface area contributed by atoms with E-state index in [4.69, 9.17) is 4.98 Å². The molecule has 0 aromatic carbocycles. The van der Waals surface area contributed by atoms with E-state index in [9.17, 15) is 0 Å². The summed E-state index contributed by atoms with van der Waals surface area (Å²) in [7, 11) is 2.07. The first-order valence-electron chi connectivity index (χ1n) is 6.64. The molecule has 0 bridgehead atoms. The van der Waals surface area contributed by atoms with Gasteiger partial charge in [-0.1, -0.05) is 6.92 Å². The molecule has 1 fully saturated rings. The second kappa shape index (κ2) is 6.47. The lowest BCUT2D eigenvalue weighted by molar-refractivity contribution is 0.186. The number of likely N-dealkylation sites (tertiary alicyclic amines) is 1. The van der Waals surface area contributed by atoms with Crippen molar-refractivity contribution in [1.82, 2.24) is 15.2 Å². The topological polar surface area (TPSA) is 28.2 Å². The number of nitrogens with one attached hydrogen (secondary N) is 1. The molecule has 2 heterocycles. The van der Waals surface area contributed by atoms with E-state index >= 15 is 0 Å². The van der Waals surface area contributed by atoms with Crippen LogP contribution >= 0.6 is 11.3 Å². The Morgan fingerprint density at radius 3 is 3.24 bits per heavy atom. The molecule has 0 spiro atoms. The van der Waals surface area contributed by atoms with Crippen molar-refractivity contribution in [3.05, 3.63) is 16.1 Å². The van der Waals surface area contributed by atoms with Crippen LogP contribution in [0.2, 0.25) is 0 Å². The van der Waals surface area contributed by atoms with Crippen molar-refractivity contribution in [1.29, 1.82) is 0 Å². The van der Waals surface area contributed by atoms with Crippen LogP contribution in [0.15, 0.2) is 5.38 Å². The molecule has 2 rings (SSSR count). The van der Waals surface area contributed by atoms with Gasteiger partial charge in [0.25, 0.3) is 0 Å². The van der Waals surface area contributed by atoms with Gasteiger partial charge in [-0.3, -0.25) is 4.90 Å². The third-order valence-corrected chi connectivity index (χ3v) is 4.32. The summed E-state index contributed by atoms with van der Waals surface area (Å²) in [4.78, 5) is 7.22. The van der Waals surface area contributed by atoms with Gasteiger partial charge in [0.2, 0.25) is 0 Å². The molecule has 1 aromatic rings. The number of rotatable bonds is 5. The molecule has 1 N–H and O–H groups in total. The van der Waals surface area contributed by atoms with Gasteiger partial charge in [-0.25, -0.2) is 4.98 Å². The molecule has 96 valence electrons. The maximum absolute atomic E-state index is 4.70. The highest BCUT2D eigenvalue weighted by molar-refractivity contribution is 7.09. The maximum Gasteiger partial charge on any atom is 0.0928 e. The first-order valence-corrected chi connectivity index (χ1v) is 7.52. The maximum atomic E-state index is 4.70. The number of hydrogen-bond acceptors (Lipinski definition) is 4. The Morgan fingerprint density at radius 2 is 2.47 bits per heavy atom. The van der Waals surface area contributed by atoms with Gasteiger partial charge in [0.05, 0.1) is 10.7 Å². The van der Waals surface area contributed by atoms with Gasteiger partial charge in [0, 0.05) is 24.5 Å². The molecule has 1 saturated heterocycles. The molecule has 1 aliphatic rings. The minimum Gasteiger partial charge on any atom is -0.316 e. The van der Waals surface area contributed by atoms with Crippen LogP contribution in [0.5, 0.6) is 0 Å². The minimum atomic E-state index is 0.664. The second-order valence-electron chi connectivity index (χ2n) is 4.85. The van der Waals surface area contributed by atoms with Crippen LogP contribution in [-0.2, 0) is 13.0 Å². The van der Waals surface area contributed by atoms with Gasteiger partial charge in [0.1, 0.15) is 0 Å². The lowest BCUT2D eigenvalue weighted by atomic mass is 10.1. The Hall–Kier alpha value is -0.450. The summed E-state index contributed by atoms with van der Waals surface area (Å²) in [6, 6.07) is 0.664. The summed E-state index contributed by atoms with van der Waals surface area (Å²) in [5.41, 5.74) is 1.26. The molecule has 17 heavy (non-hydrogen) atoms. The van der Waals surface area contributed by atoms with Crippen LogP contribution in [0.3, 0.4) is 0 Å². The summed E-state index contributed by atoms with van der Waals surface area (Å²) < 4.78 is 0. The Morgan fingerprint density at radius 1 is 1.59 bits per heavy atom. The van der Waals surface area contributed by atoms with Crippen molar-refractivity contribution < 1.29 is 0 Å². The lowest BCUT2D eigenvalue weighted by Gasteiger charge is -2.31. The normalized spacial score (nSPS) is 21.9. The van der Waals surface area contributed by atoms with E-state index < -0.39 is 0 Å². The Bertz CT molecular complexity index is 337. The van der Waals surface area contributed by atoms with E-state index in [2.05, 4.69) is 29.6 Å². The monoisotopic (exact) mass is 253 g/mol. The van der Waals surface area contributed by atoms with Gasteiger partial charge < -0.3 is 5.32 Å². The average Bonchev–Trinajstić information content (AvgIpc) is 2.77. The minimum absolute atomic E-state index is 0.664. The smallest absolute Gasteiger partial charge is 0.0928 e. The largest absolute Gasteiger partial charge is 0.316 e. The first-order chi connectivity index (χ1) is 8.31. The highest BCUT2D eigenvalue weighted by Crippen LogP contribution is 2.16. The fraction of sp³-hybridized carbons (Fsp3) is 0.769. The van der Waals surface area contributed by atoms with Crippen LogP contribution in [0.25, 0.3) is 0 Å². The molecular formula is C13H23N3S. The molecule has 0 amide bonds. The van der Waals surface area contributed by atoms with Crippen molar-refractivity contribution in [3.63, 3.8) is 0 Å². The average molecular weight is 253 g/mol. The fourth-order valence-corrected chi connectivity index (χ4v) is 3.31.